The minimum atomic E-state index is -4.49. The first-order valence-electron chi connectivity index (χ1n) is 5.01. The molecule has 17 heavy (non-hydrogen) atoms. The van der Waals surface area contributed by atoms with Crippen molar-refractivity contribution in [3.05, 3.63) is 28.2 Å². The quantitative estimate of drug-likeness (QED) is 0.890. The van der Waals surface area contributed by atoms with Gasteiger partial charge in [-0.2, -0.15) is 13.2 Å². The van der Waals surface area contributed by atoms with Crippen LogP contribution in [0.25, 0.3) is 0 Å². The number of amides is 1. The number of carbonyl (C=O) groups is 1. The molecule has 0 aliphatic carbocycles. The Morgan fingerprint density at radius 1 is 1.41 bits per heavy atom. The zero-order chi connectivity index (χ0) is 13.1. The van der Waals surface area contributed by atoms with Crippen molar-refractivity contribution in [1.29, 1.82) is 0 Å². The smallest absolute Gasteiger partial charge is 0.326 e. The molecule has 0 aliphatic heterocycles. The fourth-order valence-corrected chi connectivity index (χ4v) is 1.66. The summed E-state index contributed by atoms with van der Waals surface area (Å²) < 4.78 is 38.4. The Kier molecular flexibility index (Phi) is 4.56. The summed E-state index contributed by atoms with van der Waals surface area (Å²) in [7, 11) is 0. The molecule has 1 aromatic rings. The van der Waals surface area contributed by atoms with Crippen LogP contribution in [0.15, 0.2) is 22.7 Å². The maximum atomic E-state index is 12.7. The van der Waals surface area contributed by atoms with E-state index in [1.54, 1.807) is 6.92 Å². The maximum absolute atomic E-state index is 12.7. The summed E-state index contributed by atoms with van der Waals surface area (Å²) >= 11 is 2.97. The Labute approximate surface area is 105 Å². The highest BCUT2D eigenvalue weighted by Crippen LogP contribution is 2.36. The molecule has 94 valence electrons. The summed E-state index contributed by atoms with van der Waals surface area (Å²) in [5.41, 5.74) is -1.06. The lowest BCUT2D eigenvalue weighted by Gasteiger charge is -2.14. The normalized spacial score (nSPS) is 11.4. The number of rotatable bonds is 3. The van der Waals surface area contributed by atoms with Crippen LogP contribution in [0.3, 0.4) is 0 Å². The Hall–Kier alpha value is -1.04. The number of hydrogen-bond acceptors (Lipinski definition) is 1. The Balaban J connectivity index is 3.03. The standard InChI is InChI=1S/C11H11BrF3NO/c1-2-3-10(17)16-9-5-4-7(12)6-8(9)11(13,14)15/h4-6H,2-3H2,1H3,(H,16,17). The molecule has 1 amide bonds. The Bertz CT molecular complexity index is 418. The third kappa shape index (κ3) is 4.03. The average molecular weight is 310 g/mol. The summed E-state index contributed by atoms with van der Waals surface area (Å²) in [6.07, 6.45) is -3.70. The molecule has 0 atom stereocenters. The van der Waals surface area contributed by atoms with E-state index in [0.29, 0.717) is 10.9 Å². The highest BCUT2D eigenvalue weighted by Gasteiger charge is 2.34. The Morgan fingerprint density at radius 2 is 2.06 bits per heavy atom. The summed E-state index contributed by atoms with van der Waals surface area (Å²) in [4.78, 5) is 11.3. The van der Waals surface area contributed by atoms with E-state index in [9.17, 15) is 18.0 Å². The minimum absolute atomic E-state index is 0.202. The number of halogens is 4. The fourth-order valence-electron chi connectivity index (χ4n) is 1.30. The lowest BCUT2D eigenvalue weighted by Crippen LogP contribution is -2.16. The predicted molar refractivity (Wildman–Crippen MR) is 62.7 cm³/mol. The molecule has 0 aliphatic rings. The lowest BCUT2D eigenvalue weighted by atomic mass is 10.1. The van der Waals surface area contributed by atoms with Gasteiger partial charge in [-0.25, -0.2) is 0 Å². The van der Waals surface area contributed by atoms with Gasteiger partial charge >= 0.3 is 6.18 Å². The van der Waals surface area contributed by atoms with Crippen LogP contribution in [0.2, 0.25) is 0 Å². The number of hydrogen-bond donors (Lipinski definition) is 1. The van der Waals surface area contributed by atoms with E-state index >= 15 is 0 Å². The van der Waals surface area contributed by atoms with Crippen molar-refractivity contribution in [3.63, 3.8) is 0 Å². The van der Waals surface area contributed by atoms with E-state index < -0.39 is 17.6 Å². The van der Waals surface area contributed by atoms with Crippen molar-refractivity contribution in [2.45, 2.75) is 25.9 Å². The van der Waals surface area contributed by atoms with Gasteiger partial charge in [0, 0.05) is 10.9 Å². The van der Waals surface area contributed by atoms with Gasteiger partial charge in [0.05, 0.1) is 11.3 Å². The third-order valence-corrected chi connectivity index (χ3v) is 2.53. The maximum Gasteiger partial charge on any atom is 0.418 e. The van der Waals surface area contributed by atoms with Crippen molar-refractivity contribution in [2.75, 3.05) is 5.32 Å². The minimum Gasteiger partial charge on any atom is -0.326 e. The van der Waals surface area contributed by atoms with E-state index in [2.05, 4.69) is 21.2 Å². The molecule has 0 radical (unpaired) electrons. The monoisotopic (exact) mass is 309 g/mol. The first-order chi connectivity index (χ1) is 7.84. The average Bonchev–Trinajstić information content (AvgIpc) is 2.19. The summed E-state index contributed by atoms with van der Waals surface area (Å²) in [6.45, 7) is 1.78. The molecule has 0 unspecified atom stereocenters. The van der Waals surface area contributed by atoms with Crippen LogP contribution in [0.1, 0.15) is 25.3 Å². The molecule has 6 heteroatoms. The topological polar surface area (TPSA) is 29.1 Å². The van der Waals surface area contributed by atoms with E-state index in [1.807, 2.05) is 0 Å². The first kappa shape index (κ1) is 14.0. The molecule has 0 aromatic heterocycles. The number of nitrogens with one attached hydrogen (secondary N) is 1. The highest BCUT2D eigenvalue weighted by molar-refractivity contribution is 9.10. The SMILES string of the molecule is CCCC(=O)Nc1ccc(Br)cc1C(F)(F)F. The molecule has 0 heterocycles. The zero-order valence-corrected chi connectivity index (χ0v) is 10.7. The fraction of sp³-hybridized carbons (Fsp3) is 0.364. The Morgan fingerprint density at radius 3 is 2.59 bits per heavy atom. The van der Waals surface area contributed by atoms with Crippen molar-refractivity contribution in [3.8, 4) is 0 Å². The van der Waals surface area contributed by atoms with Gasteiger partial charge < -0.3 is 5.32 Å². The van der Waals surface area contributed by atoms with Gasteiger partial charge in [-0.3, -0.25) is 4.79 Å². The first-order valence-corrected chi connectivity index (χ1v) is 5.80. The second-order valence-electron chi connectivity index (χ2n) is 3.49. The van der Waals surface area contributed by atoms with E-state index in [4.69, 9.17) is 0 Å². The van der Waals surface area contributed by atoms with Gasteiger partial charge in [0.25, 0.3) is 0 Å². The molecule has 0 saturated heterocycles. The molecule has 1 N–H and O–H groups in total. The van der Waals surface area contributed by atoms with Crippen LogP contribution in [0.5, 0.6) is 0 Å². The molecule has 0 bridgehead atoms. The molecule has 1 rings (SSSR count). The second-order valence-corrected chi connectivity index (χ2v) is 4.40. The number of anilines is 1. The van der Waals surface area contributed by atoms with Gasteiger partial charge in [0.2, 0.25) is 5.91 Å². The lowest BCUT2D eigenvalue weighted by molar-refractivity contribution is -0.137. The van der Waals surface area contributed by atoms with Crippen molar-refractivity contribution in [2.24, 2.45) is 0 Å². The summed E-state index contributed by atoms with van der Waals surface area (Å²) in [5.74, 6) is -0.416. The van der Waals surface area contributed by atoms with Gasteiger partial charge in [-0.1, -0.05) is 22.9 Å². The molecular formula is C11H11BrF3NO. The van der Waals surface area contributed by atoms with Gasteiger partial charge in [0.1, 0.15) is 0 Å². The zero-order valence-electron chi connectivity index (χ0n) is 9.07. The van der Waals surface area contributed by atoms with Crippen LogP contribution in [-0.4, -0.2) is 5.91 Å². The van der Waals surface area contributed by atoms with Crippen LogP contribution in [-0.2, 0) is 11.0 Å². The number of carbonyl (C=O) groups excluding carboxylic acids is 1. The molecule has 0 saturated carbocycles. The van der Waals surface area contributed by atoms with Crippen LogP contribution in [0.4, 0.5) is 18.9 Å². The molecular weight excluding hydrogens is 299 g/mol. The molecule has 2 nitrogen and oxygen atoms in total. The van der Waals surface area contributed by atoms with Crippen LogP contribution in [0, 0.1) is 0 Å². The predicted octanol–water partition coefficient (Wildman–Crippen LogP) is 4.21. The van der Waals surface area contributed by atoms with Crippen molar-refractivity contribution < 1.29 is 18.0 Å². The van der Waals surface area contributed by atoms with Gasteiger partial charge in [-0.15, -0.1) is 0 Å². The van der Waals surface area contributed by atoms with E-state index in [1.165, 1.54) is 12.1 Å². The van der Waals surface area contributed by atoms with Crippen molar-refractivity contribution >= 4 is 27.5 Å². The largest absolute Gasteiger partial charge is 0.418 e. The van der Waals surface area contributed by atoms with Crippen LogP contribution >= 0.6 is 15.9 Å². The van der Waals surface area contributed by atoms with E-state index in [0.717, 1.165) is 6.07 Å². The third-order valence-electron chi connectivity index (χ3n) is 2.04. The van der Waals surface area contributed by atoms with Crippen molar-refractivity contribution in [1.82, 2.24) is 0 Å². The molecule has 0 fully saturated rings. The molecule has 0 spiro atoms. The number of benzene rings is 1. The summed E-state index contributed by atoms with van der Waals surface area (Å²) in [6, 6.07) is 3.64. The highest BCUT2D eigenvalue weighted by atomic mass is 79.9. The van der Waals surface area contributed by atoms with Gasteiger partial charge in [-0.05, 0) is 24.6 Å². The summed E-state index contributed by atoms with van der Waals surface area (Å²) in [5, 5.41) is 2.27. The second kappa shape index (κ2) is 5.53. The number of alkyl halides is 3. The van der Waals surface area contributed by atoms with Gasteiger partial charge in [0.15, 0.2) is 0 Å². The molecule has 1 aromatic carbocycles. The van der Waals surface area contributed by atoms with Crippen LogP contribution < -0.4 is 5.32 Å². The van der Waals surface area contributed by atoms with E-state index in [-0.39, 0.29) is 12.1 Å².